The average Bonchev–Trinajstić information content (AvgIpc) is 2.24. The van der Waals surface area contributed by atoms with Crippen LogP contribution in [0.1, 0.15) is 26.7 Å². The van der Waals surface area contributed by atoms with E-state index < -0.39 is 0 Å². The molecule has 1 heterocycles. The van der Waals surface area contributed by atoms with E-state index in [1.165, 1.54) is 0 Å². The molecule has 1 fully saturated rings. The molecule has 3 nitrogen and oxygen atoms in total. The summed E-state index contributed by atoms with van der Waals surface area (Å²) in [5.74, 6) is 0. The van der Waals surface area contributed by atoms with Gasteiger partial charge in [0.1, 0.15) is 0 Å². The molecular formula is C13H18Cl2N2O. The van der Waals surface area contributed by atoms with Gasteiger partial charge in [0.2, 0.25) is 0 Å². The van der Waals surface area contributed by atoms with Gasteiger partial charge in [-0.15, -0.1) is 0 Å². The summed E-state index contributed by atoms with van der Waals surface area (Å²) in [6.45, 7) is 4.95. The number of halogens is 2. The largest absolute Gasteiger partial charge is 0.397 e. The molecule has 1 atom stereocenters. The Morgan fingerprint density at radius 3 is 2.67 bits per heavy atom. The van der Waals surface area contributed by atoms with Crippen molar-refractivity contribution in [3.05, 3.63) is 22.2 Å². The van der Waals surface area contributed by atoms with E-state index in [1.807, 2.05) is 0 Å². The molecule has 1 unspecified atom stereocenters. The number of nitrogen functional groups attached to an aromatic ring is 1. The minimum Gasteiger partial charge on any atom is -0.397 e. The van der Waals surface area contributed by atoms with Gasteiger partial charge in [0.25, 0.3) is 0 Å². The van der Waals surface area contributed by atoms with Crippen molar-refractivity contribution in [3.8, 4) is 0 Å². The van der Waals surface area contributed by atoms with Crippen LogP contribution in [0, 0.1) is 0 Å². The van der Waals surface area contributed by atoms with Crippen LogP contribution < -0.4 is 11.1 Å². The first-order valence-electron chi connectivity index (χ1n) is 6.02. The lowest BCUT2D eigenvalue weighted by Gasteiger charge is -2.36. The van der Waals surface area contributed by atoms with Crippen molar-refractivity contribution in [3.63, 3.8) is 0 Å². The number of hydrogen-bond donors (Lipinski definition) is 2. The number of hydrogen-bond acceptors (Lipinski definition) is 3. The predicted molar refractivity (Wildman–Crippen MR) is 77.6 cm³/mol. The summed E-state index contributed by atoms with van der Waals surface area (Å²) in [7, 11) is 0. The summed E-state index contributed by atoms with van der Waals surface area (Å²) in [6, 6.07) is 3.80. The molecule has 0 aliphatic carbocycles. The molecule has 1 aliphatic heterocycles. The highest BCUT2D eigenvalue weighted by molar-refractivity contribution is 6.42. The second-order valence-corrected chi connectivity index (χ2v) is 6.11. The molecule has 0 spiro atoms. The fourth-order valence-electron chi connectivity index (χ4n) is 2.26. The minimum atomic E-state index is -0.0963. The van der Waals surface area contributed by atoms with E-state index in [0.717, 1.165) is 25.1 Å². The highest BCUT2D eigenvalue weighted by Gasteiger charge is 2.29. The third kappa shape index (κ3) is 3.22. The van der Waals surface area contributed by atoms with Gasteiger partial charge in [-0.05, 0) is 38.8 Å². The second-order valence-electron chi connectivity index (χ2n) is 5.30. The Morgan fingerprint density at radius 1 is 1.33 bits per heavy atom. The number of nitrogens with one attached hydrogen (secondary N) is 1. The normalized spacial score (nSPS) is 22.8. The van der Waals surface area contributed by atoms with Gasteiger partial charge in [0.15, 0.2) is 0 Å². The number of ether oxygens (including phenoxy) is 1. The van der Waals surface area contributed by atoms with Gasteiger partial charge in [-0.1, -0.05) is 23.2 Å². The van der Waals surface area contributed by atoms with Crippen molar-refractivity contribution in [2.24, 2.45) is 0 Å². The van der Waals surface area contributed by atoms with Crippen LogP contribution in [0.3, 0.4) is 0 Å². The summed E-state index contributed by atoms with van der Waals surface area (Å²) in [6.07, 6.45) is 1.90. The smallest absolute Gasteiger partial charge is 0.0646 e. The van der Waals surface area contributed by atoms with Crippen molar-refractivity contribution in [2.75, 3.05) is 17.7 Å². The van der Waals surface area contributed by atoms with Gasteiger partial charge in [-0.2, -0.15) is 0 Å². The Labute approximate surface area is 118 Å². The number of benzene rings is 1. The van der Waals surface area contributed by atoms with Crippen LogP contribution in [0.15, 0.2) is 12.1 Å². The van der Waals surface area contributed by atoms with E-state index in [4.69, 9.17) is 33.7 Å². The average molecular weight is 289 g/mol. The molecule has 1 aliphatic rings. The van der Waals surface area contributed by atoms with E-state index in [9.17, 15) is 0 Å². The van der Waals surface area contributed by atoms with Crippen LogP contribution in [0.4, 0.5) is 11.4 Å². The van der Waals surface area contributed by atoms with Crippen LogP contribution in [0.5, 0.6) is 0 Å². The van der Waals surface area contributed by atoms with Crippen LogP contribution in [0.2, 0.25) is 10.0 Å². The van der Waals surface area contributed by atoms with E-state index in [1.54, 1.807) is 12.1 Å². The fourth-order valence-corrected chi connectivity index (χ4v) is 2.60. The summed E-state index contributed by atoms with van der Waals surface area (Å²) >= 11 is 11.9. The first-order chi connectivity index (χ1) is 8.37. The quantitative estimate of drug-likeness (QED) is 0.810. The monoisotopic (exact) mass is 288 g/mol. The van der Waals surface area contributed by atoms with Gasteiger partial charge in [0.05, 0.1) is 27.0 Å². The van der Waals surface area contributed by atoms with E-state index >= 15 is 0 Å². The van der Waals surface area contributed by atoms with E-state index in [2.05, 4.69) is 19.2 Å². The Morgan fingerprint density at radius 2 is 2.00 bits per heavy atom. The molecule has 0 amide bonds. The van der Waals surface area contributed by atoms with Crippen molar-refractivity contribution in [2.45, 2.75) is 38.3 Å². The summed E-state index contributed by atoms with van der Waals surface area (Å²) in [4.78, 5) is 0. The zero-order chi connectivity index (χ0) is 13.3. The summed E-state index contributed by atoms with van der Waals surface area (Å²) < 4.78 is 5.69. The number of anilines is 2. The lowest BCUT2D eigenvalue weighted by Crippen LogP contribution is -2.40. The molecule has 5 heteroatoms. The maximum absolute atomic E-state index is 6.01. The molecule has 100 valence electrons. The summed E-state index contributed by atoms with van der Waals surface area (Å²) in [5.41, 5.74) is 7.30. The predicted octanol–water partition coefficient (Wildman–Crippen LogP) is 3.95. The molecule has 3 N–H and O–H groups in total. The first-order valence-corrected chi connectivity index (χ1v) is 6.78. The molecule has 1 aromatic rings. The molecule has 2 rings (SSSR count). The Bertz CT molecular complexity index is 449. The third-order valence-electron chi connectivity index (χ3n) is 3.15. The number of nitrogens with two attached hydrogens (primary N) is 1. The van der Waals surface area contributed by atoms with Gasteiger partial charge >= 0.3 is 0 Å². The fraction of sp³-hybridized carbons (Fsp3) is 0.538. The summed E-state index contributed by atoms with van der Waals surface area (Å²) in [5, 5.41) is 4.42. The molecule has 18 heavy (non-hydrogen) atoms. The highest BCUT2D eigenvalue weighted by atomic mass is 35.5. The lowest BCUT2D eigenvalue weighted by atomic mass is 9.94. The zero-order valence-electron chi connectivity index (χ0n) is 10.6. The third-order valence-corrected chi connectivity index (χ3v) is 3.87. The first kappa shape index (κ1) is 13.8. The van der Waals surface area contributed by atoms with Crippen molar-refractivity contribution in [1.82, 2.24) is 0 Å². The highest BCUT2D eigenvalue weighted by Crippen LogP contribution is 2.33. The second kappa shape index (κ2) is 5.16. The van der Waals surface area contributed by atoms with Crippen LogP contribution in [-0.2, 0) is 4.74 Å². The standard InChI is InChI=1S/C13H18Cl2N2O/c1-13(2)7-8(3-4-18-13)17-12-6-10(15)9(14)5-11(12)16/h5-6,8,17H,3-4,7,16H2,1-2H3. The molecule has 0 radical (unpaired) electrons. The molecule has 0 saturated carbocycles. The van der Waals surface area contributed by atoms with Crippen molar-refractivity contribution >= 4 is 34.6 Å². The molecular weight excluding hydrogens is 271 g/mol. The van der Waals surface area contributed by atoms with Crippen molar-refractivity contribution < 1.29 is 4.74 Å². The minimum absolute atomic E-state index is 0.0963. The molecule has 0 aromatic heterocycles. The Hall–Kier alpha value is -0.640. The Kier molecular flexibility index (Phi) is 3.95. The van der Waals surface area contributed by atoms with E-state index in [-0.39, 0.29) is 5.60 Å². The van der Waals surface area contributed by atoms with Gasteiger partial charge < -0.3 is 15.8 Å². The SMILES string of the molecule is CC1(C)CC(Nc2cc(Cl)c(Cl)cc2N)CCO1. The van der Waals surface area contributed by atoms with Gasteiger partial charge in [0, 0.05) is 12.6 Å². The number of rotatable bonds is 2. The topological polar surface area (TPSA) is 47.3 Å². The molecule has 1 saturated heterocycles. The van der Waals surface area contributed by atoms with Gasteiger partial charge in [-0.25, -0.2) is 0 Å². The maximum atomic E-state index is 6.01. The lowest BCUT2D eigenvalue weighted by molar-refractivity contribution is -0.0553. The molecule has 0 bridgehead atoms. The maximum Gasteiger partial charge on any atom is 0.0646 e. The van der Waals surface area contributed by atoms with Crippen LogP contribution in [-0.4, -0.2) is 18.2 Å². The Balaban J connectivity index is 2.12. The van der Waals surface area contributed by atoms with E-state index in [0.29, 0.717) is 21.8 Å². The molecule has 1 aromatic carbocycles. The van der Waals surface area contributed by atoms with Crippen molar-refractivity contribution in [1.29, 1.82) is 0 Å². The van der Waals surface area contributed by atoms with Crippen LogP contribution in [0.25, 0.3) is 0 Å². The van der Waals surface area contributed by atoms with Gasteiger partial charge in [-0.3, -0.25) is 0 Å². The van der Waals surface area contributed by atoms with Crippen LogP contribution >= 0.6 is 23.2 Å². The zero-order valence-corrected chi connectivity index (χ0v) is 12.1.